The molecular weight excluding hydrogens is 488 g/mol. The SMILES string of the molecule is C=CC(=O)OC(C)(C(C)C)C12CC3CC(CC(C(=O)O)(C3)C1)C2.CC(C)C(C)(O)C12CC3CC(CC(C3)C1)C2. The summed E-state index contributed by atoms with van der Waals surface area (Å²) in [5, 5.41) is 20.9. The van der Waals surface area contributed by atoms with E-state index in [4.69, 9.17) is 4.74 Å². The van der Waals surface area contributed by atoms with Crippen molar-refractivity contribution in [1.82, 2.24) is 0 Å². The van der Waals surface area contributed by atoms with E-state index in [1.54, 1.807) is 0 Å². The van der Waals surface area contributed by atoms with Crippen LogP contribution >= 0.6 is 0 Å². The Bertz CT molecular complexity index is 942. The van der Waals surface area contributed by atoms with Crippen LogP contribution < -0.4 is 0 Å². The molecule has 0 aliphatic heterocycles. The van der Waals surface area contributed by atoms with E-state index in [1.165, 1.54) is 44.6 Å². The fourth-order valence-corrected chi connectivity index (χ4v) is 11.5. The Morgan fingerprint density at radius 2 is 1.23 bits per heavy atom. The monoisotopic (exact) mass is 542 g/mol. The van der Waals surface area contributed by atoms with Crippen molar-refractivity contribution in [2.24, 2.45) is 57.7 Å². The number of esters is 1. The van der Waals surface area contributed by atoms with E-state index in [1.807, 2.05) is 6.92 Å². The van der Waals surface area contributed by atoms with Gasteiger partial charge in [-0.2, -0.15) is 0 Å². The molecule has 4 atom stereocenters. The standard InChI is InChI=1S/C19H28O4.C15H26O/c1-5-15(20)23-17(4,12(2)3)19-9-13-6-14(10-19)8-18(7-13,11-19)16(21)22;1-10(2)14(3,16)15-7-11-4-12(8-15)6-13(5-11)9-15/h5,12-14H,1,6-11H2,2-4H3,(H,21,22);10-13,16H,4-9H2,1-3H3. The number of hydrogen-bond acceptors (Lipinski definition) is 4. The van der Waals surface area contributed by atoms with Gasteiger partial charge in [0, 0.05) is 11.5 Å². The molecule has 8 bridgehead atoms. The molecule has 0 aromatic carbocycles. The Hall–Kier alpha value is -1.36. The van der Waals surface area contributed by atoms with Crippen LogP contribution in [0.25, 0.3) is 0 Å². The maximum Gasteiger partial charge on any atom is 0.330 e. The van der Waals surface area contributed by atoms with Gasteiger partial charge < -0.3 is 14.9 Å². The molecule has 0 aromatic heterocycles. The van der Waals surface area contributed by atoms with Gasteiger partial charge in [-0.05, 0) is 138 Å². The number of ether oxygens (including phenoxy) is 1. The quantitative estimate of drug-likeness (QED) is 0.258. The molecule has 8 saturated carbocycles. The van der Waals surface area contributed by atoms with Crippen LogP contribution in [-0.4, -0.2) is 33.4 Å². The summed E-state index contributed by atoms with van der Waals surface area (Å²) in [4.78, 5) is 24.0. The summed E-state index contributed by atoms with van der Waals surface area (Å²) < 4.78 is 5.91. The molecule has 8 aliphatic rings. The molecule has 0 aromatic rings. The van der Waals surface area contributed by atoms with Crippen molar-refractivity contribution in [3.05, 3.63) is 12.7 Å². The summed E-state index contributed by atoms with van der Waals surface area (Å²) in [6.07, 6.45) is 14.9. The van der Waals surface area contributed by atoms with E-state index in [-0.39, 0.29) is 16.7 Å². The van der Waals surface area contributed by atoms with Crippen LogP contribution in [0.1, 0.15) is 119 Å². The summed E-state index contributed by atoms with van der Waals surface area (Å²) in [6.45, 7) is 16.2. The highest BCUT2D eigenvalue weighted by molar-refractivity contribution is 5.81. The number of carboxylic acid groups (broad SMARTS) is 1. The average molecular weight is 543 g/mol. The second-order valence-corrected chi connectivity index (χ2v) is 16.2. The zero-order valence-corrected chi connectivity index (χ0v) is 25.4. The Balaban J connectivity index is 0.000000168. The number of aliphatic carboxylic acids is 1. The van der Waals surface area contributed by atoms with Gasteiger partial charge >= 0.3 is 11.9 Å². The number of carbonyl (C=O) groups is 2. The van der Waals surface area contributed by atoms with Gasteiger partial charge in [0.15, 0.2) is 0 Å². The van der Waals surface area contributed by atoms with Crippen LogP contribution in [0.5, 0.6) is 0 Å². The average Bonchev–Trinajstić information content (AvgIpc) is 2.82. The van der Waals surface area contributed by atoms with E-state index in [9.17, 15) is 19.8 Å². The Labute approximate surface area is 236 Å². The van der Waals surface area contributed by atoms with Crippen molar-refractivity contribution in [3.8, 4) is 0 Å². The van der Waals surface area contributed by atoms with Crippen LogP contribution in [0, 0.1) is 57.7 Å². The van der Waals surface area contributed by atoms with Gasteiger partial charge in [0.05, 0.1) is 11.0 Å². The van der Waals surface area contributed by atoms with Crippen LogP contribution in [0.2, 0.25) is 0 Å². The van der Waals surface area contributed by atoms with E-state index in [0.717, 1.165) is 49.9 Å². The van der Waals surface area contributed by atoms with Crippen LogP contribution in [0.4, 0.5) is 0 Å². The lowest BCUT2D eigenvalue weighted by atomic mass is 9.40. The number of aliphatic hydroxyl groups is 1. The van der Waals surface area contributed by atoms with Crippen molar-refractivity contribution in [3.63, 3.8) is 0 Å². The highest BCUT2D eigenvalue weighted by Gasteiger charge is 2.67. The zero-order valence-electron chi connectivity index (χ0n) is 25.4. The maximum absolute atomic E-state index is 12.0. The topological polar surface area (TPSA) is 83.8 Å². The van der Waals surface area contributed by atoms with Crippen LogP contribution in [0.15, 0.2) is 12.7 Å². The fraction of sp³-hybridized carbons (Fsp3) is 0.882. The van der Waals surface area contributed by atoms with Gasteiger partial charge in [0.2, 0.25) is 0 Å². The normalized spacial score (nSPS) is 44.4. The molecule has 0 spiro atoms. The molecule has 2 N–H and O–H groups in total. The minimum atomic E-state index is -0.655. The Morgan fingerprint density at radius 1 is 0.795 bits per heavy atom. The van der Waals surface area contributed by atoms with Gasteiger partial charge in [-0.3, -0.25) is 4.79 Å². The molecule has 0 amide bonds. The highest BCUT2D eigenvalue weighted by Crippen LogP contribution is 2.70. The smallest absolute Gasteiger partial charge is 0.330 e. The largest absolute Gasteiger partial charge is 0.481 e. The molecule has 8 fully saturated rings. The van der Waals surface area contributed by atoms with Crippen molar-refractivity contribution >= 4 is 11.9 Å². The van der Waals surface area contributed by atoms with Crippen molar-refractivity contribution in [1.29, 1.82) is 0 Å². The summed E-state index contributed by atoms with van der Waals surface area (Å²) in [5.74, 6) is 3.20. The molecule has 8 rings (SSSR count). The van der Waals surface area contributed by atoms with Gasteiger partial charge in [-0.1, -0.05) is 34.3 Å². The first kappa shape index (κ1) is 29.1. The molecule has 39 heavy (non-hydrogen) atoms. The van der Waals surface area contributed by atoms with Crippen LogP contribution in [0.3, 0.4) is 0 Å². The third kappa shape index (κ3) is 4.52. The fourth-order valence-electron chi connectivity index (χ4n) is 11.5. The summed E-state index contributed by atoms with van der Waals surface area (Å²) in [5.41, 5.74) is -1.64. The lowest BCUT2D eigenvalue weighted by molar-refractivity contribution is -0.232. The minimum Gasteiger partial charge on any atom is -0.481 e. The van der Waals surface area contributed by atoms with Gasteiger partial charge in [-0.25, -0.2) is 4.79 Å². The van der Waals surface area contributed by atoms with E-state index < -0.39 is 28.6 Å². The Kier molecular flexibility index (Phi) is 7.17. The van der Waals surface area contributed by atoms with Crippen molar-refractivity contribution < 1.29 is 24.5 Å². The number of carboxylic acids is 1. The molecule has 220 valence electrons. The van der Waals surface area contributed by atoms with Gasteiger partial charge in [0.25, 0.3) is 0 Å². The van der Waals surface area contributed by atoms with E-state index >= 15 is 0 Å². The molecule has 5 heteroatoms. The van der Waals surface area contributed by atoms with Gasteiger partial charge in [-0.15, -0.1) is 0 Å². The van der Waals surface area contributed by atoms with Crippen molar-refractivity contribution in [2.75, 3.05) is 0 Å². The first-order valence-electron chi connectivity index (χ1n) is 15.9. The van der Waals surface area contributed by atoms with E-state index in [2.05, 4.69) is 41.2 Å². The zero-order chi connectivity index (χ0) is 28.6. The first-order valence-corrected chi connectivity index (χ1v) is 15.9. The molecule has 5 nitrogen and oxygen atoms in total. The Morgan fingerprint density at radius 3 is 1.62 bits per heavy atom. The van der Waals surface area contributed by atoms with E-state index in [0.29, 0.717) is 24.2 Å². The molecule has 0 saturated heterocycles. The predicted molar refractivity (Wildman–Crippen MR) is 153 cm³/mol. The summed E-state index contributed by atoms with van der Waals surface area (Å²) in [7, 11) is 0. The number of carbonyl (C=O) groups excluding carboxylic acids is 1. The summed E-state index contributed by atoms with van der Waals surface area (Å²) in [6, 6.07) is 0. The number of rotatable bonds is 7. The second-order valence-electron chi connectivity index (χ2n) is 16.2. The van der Waals surface area contributed by atoms with Crippen LogP contribution in [-0.2, 0) is 14.3 Å². The molecule has 4 unspecified atom stereocenters. The maximum atomic E-state index is 12.0. The van der Waals surface area contributed by atoms with Gasteiger partial charge in [0.1, 0.15) is 5.60 Å². The molecular formula is C34H54O5. The minimum absolute atomic E-state index is 0.133. The lowest BCUT2D eigenvalue weighted by Crippen LogP contribution is -2.64. The second kappa shape index (κ2) is 9.60. The number of hydrogen-bond donors (Lipinski definition) is 2. The van der Waals surface area contributed by atoms with Crippen molar-refractivity contribution in [2.45, 2.75) is 130 Å². The summed E-state index contributed by atoms with van der Waals surface area (Å²) >= 11 is 0. The molecule has 0 radical (unpaired) electrons. The predicted octanol–water partition coefficient (Wildman–Crippen LogP) is 7.41. The third-order valence-corrected chi connectivity index (χ3v) is 13.4. The molecule has 8 aliphatic carbocycles. The third-order valence-electron chi connectivity index (χ3n) is 13.4. The highest BCUT2D eigenvalue weighted by atomic mass is 16.6. The lowest BCUT2D eigenvalue weighted by Gasteiger charge is -2.65. The molecule has 0 heterocycles. The first-order chi connectivity index (χ1) is 18.1.